The van der Waals surface area contributed by atoms with Crippen molar-refractivity contribution in [3.8, 4) is 0 Å². The molecule has 0 aliphatic heterocycles. The first kappa shape index (κ1) is 22.9. The second-order valence-electron chi connectivity index (χ2n) is 7.60. The van der Waals surface area contributed by atoms with Crippen LogP contribution < -0.4 is 0 Å². The number of hydrogen-bond donors (Lipinski definition) is 0. The zero-order valence-electron chi connectivity index (χ0n) is 18.5. The zero-order chi connectivity index (χ0) is 22.6. The summed E-state index contributed by atoms with van der Waals surface area (Å²) < 4.78 is 24.9. The minimum absolute atomic E-state index is 0.277. The van der Waals surface area contributed by atoms with Gasteiger partial charge in [-0.15, -0.1) is 0 Å². The summed E-state index contributed by atoms with van der Waals surface area (Å²) in [4.78, 5) is 0. The van der Waals surface area contributed by atoms with Crippen LogP contribution in [0.5, 0.6) is 0 Å². The summed E-state index contributed by atoms with van der Waals surface area (Å²) in [6, 6.07) is 39.6. The molecule has 0 bridgehead atoms. The van der Waals surface area contributed by atoms with Crippen LogP contribution in [0.4, 0.5) is 0 Å². The lowest BCUT2D eigenvalue weighted by molar-refractivity contribution is -0.513. The highest BCUT2D eigenvalue weighted by Crippen LogP contribution is 2.25. The Hall–Kier alpha value is -3.28. The van der Waals surface area contributed by atoms with Crippen molar-refractivity contribution in [1.29, 1.82) is 0 Å². The van der Waals surface area contributed by atoms with Crippen LogP contribution in [0, 0.1) is 0 Å². The van der Waals surface area contributed by atoms with Gasteiger partial charge in [-0.2, -0.15) is 0 Å². The zero-order valence-corrected chi connectivity index (χ0v) is 18.5. The lowest BCUT2D eigenvalue weighted by Crippen LogP contribution is -2.42. The van der Waals surface area contributed by atoms with Crippen molar-refractivity contribution < 1.29 is 18.9 Å². The SMILES string of the molecule is c1ccc(COC(OCc2ccccc2)(OCc2ccccc2)OCc2ccccc2)cc1. The van der Waals surface area contributed by atoms with Crippen LogP contribution in [0.1, 0.15) is 22.3 Å². The Bertz CT molecular complexity index is 874. The van der Waals surface area contributed by atoms with Crippen LogP contribution in [-0.4, -0.2) is 6.16 Å². The predicted octanol–water partition coefficient (Wildman–Crippen LogP) is 6.46. The van der Waals surface area contributed by atoms with E-state index in [0.29, 0.717) is 0 Å². The Kier molecular flexibility index (Phi) is 8.39. The summed E-state index contributed by atoms with van der Waals surface area (Å²) in [5.41, 5.74) is 3.99. The lowest BCUT2D eigenvalue weighted by Gasteiger charge is -2.32. The standard InChI is InChI=1S/C29H28O4/c1-5-13-25(14-6-1)21-30-29(31-22-26-15-7-2-8-16-26,32-23-27-17-9-3-10-18-27)33-24-28-19-11-4-12-20-28/h1-20H,21-24H2. The third-order valence-electron chi connectivity index (χ3n) is 5.03. The third kappa shape index (κ3) is 7.38. The summed E-state index contributed by atoms with van der Waals surface area (Å²) in [5.74, 6) is 0. The van der Waals surface area contributed by atoms with Gasteiger partial charge in [0.25, 0.3) is 0 Å². The fraction of sp³-hybridized carbons (Fsp3) is 0.172. The molecular weight excluding hydrogens is 412 g/mol. The van der Waals surface area contributed by atoms with Crippen molar-refractivity contribution in [2.24, 2.45) is 0 Å². The van der Waals surface area contributed by atoms with Crippen LogP contribution in [0.3, 0.4) is 0 Å². The number of benzene rings is 4. The highest BCUT2D eigenvalue weighted by atomic mass is 17.0. The van der Waals surface area contributed by atoms with Crippen molar-refractivity contribution in [1.82, 2.24) is 0 Å². The van der Waals surface area contributed by atoms with E-state index >= 15 is 0 Å². The normalized spacial score (nSPS) is 11.4. The van der Waals surface area contributed by atoms with Crippen molar-refractivity contribution in [2.75, 3.05) is 0 Å². The molecule has 4 nitrogen and oxygen atoms in total. The van der Waals surface area contributed by atoms with Crippen LogP contribution in [-0.2, 0) is 45.4 Å². The number of hydrogen-bond acceptors (Lipinski definition) is 4. The molecular formula is C29H28O4. The van der Waals surface area contributed by atoms with Gasteiger partial charge in [-0.1, -0.05) is 121 Å². The fourth-order valence-electron chi connectivity index (χ4n) is 3.23. The van der Waals surface area contributed by atoms with E-state index in [1.807, 2.05) is 121 Å². The first-order chi connectivity index (χ1) is 16.3. The summed E-state index contributed by atoms with van der Waals surface area (Å²) in [6.07, 6.45) is -1.68. The number of rotatable bonds is 12. The summed E-state index contributed by atoms with van der Waals surface area (Å²) in [6.45, 7) is 1.11. The Morgan fingerprint density at radius 2 is 0.545 bits per heavy atom. The minimum Gasteiger partial charge on any atom is -0.298 e. The van der Waals surface area contributed by atoms with Crippen molar-refractivity contribution in [3.63, 3.8) is 0 Å². The second kappa shape index (κ2) is 12.1. The molecule has 0 radical (unpaired) electrons. The van der Waals surface area contributed by atoms with E-state index in [1.165, 1.54) is 0 Å². The Balaban J connectivity index is 1.56. The molecule has 168 valence electrons. The van der Waals surface area contributed by atoms with Crippen LogP contribution in [0.25, 0.3) is 0 Å². The van der Waals surface area contributed by atoms with Crippen LogP contribution in [0.15, 0.2) is 121 Å². The van der Waals surface area contributed by atoms with Crippen LogP contribution >= 0.6 is 0 Å². The molecule has 0 heterocycles. The van der Waals surface area contributed by atoms with E-state index in [2.05, 4.69) is 0 Å². The highest BCUT2D eigenvalue weighted by Gasteiger charge is 2.36. The average Bonchev–Trinajstić information content (AvgIpc) is 2.90. The van der Waals surface area contributed by atoms with Gasteiger partial charge in [-0.3, -0.25) is 18.9 Å². The molecule has 0 fully saturated rings. The second-order valence-corrected chi connectivity index (χ2v) is 7.60. The van der Waals surface area contributed by atoms with E-state index < -0.39 is 6.16 Å². The molecule has 0 atom stereocenters. The van der Waals surface area contributed by atoms with Gasteiger partial charge in [0.05, 0.1) is 26.4 Å². The van der Waals surface area contributed by atoms with E-state index in [0.717, 1.165) is 22.3 Å². The first-order valence-electron chi connectivity index (χ1n) is 11.0. The molecule has 0 amide bonds. The molecule has 0 aromatic heterocycles. The highest BCUT2D eigenvalue weighted by molar-refractivity contribution is 5.16. The molecule has 0 N–H and O–H groups in total. The molecule has 4 heteroatoms. The monoisotopic (exact) mass is 440 g/mol. The van der Waals surface area contributed by atoms with E-state index in [-0.39, 0.29) is 26.4 Å². The quantitative estimate of drug-likeness (QED) is 0.237. The topological polar surface area (TPSA) is 36.9 Å². The molecule has 4 aromatic rings. The van der Waals surface area contributed by atoms with Gasteiger partial charge in [0.2, 0.25) is 0 Å². The maximum atomic E-state index is 6.21. The maximum Gasteiger partial charge on any atom is 0.414 e. The smallest absolute Gasteiger partial charge is 0.298 e. The van der Waals surface area contributed by atoms with E-state index in [1.54, 1.807) is 0 Å². The average molecular weight is 441 g/mol. The summed E-state index contributed by atoms with van der Waals surface area (Å²) in [7, 11) is 0. The molecule has 4 rings (SSSR count). The summed E-state index contributed by atoms with van der Waals surface area (Å²) >= 11 is 0. The largest absolute Gasteiger partial charge is 0.414 e. The molecule has 0 aliphatic rings. The molecule has 33 heavy (non-hydrogen) atoms. The molecule has 0 saturated heterocycles. The van der Waals surface area contributed by atoms with Gasteiger partial charge < -0.3 is 0 Å². The number of ether oxygens (including phenoxy) is 4. The summed E-state index contributed by atoms with van der Waals surface area (Å²) in [5, 5.41) is 0. The van der Waals surface area contributed by atoms with Gasteiger partial charge in [-0.05, 0) is 22.3 Å². The molecule has 0 unspecified atom stereocenters. The lowest BCUT2D eigenvalue weighted by atomic mass is 10.2. The first-order valence-corrected chi connectivity index (χ1v) is 11.0. The van der Waals surface area contributed by atoms with Gasteiger partial charge in [0.1, 0.15) is 0 Å². The van der Waals surface area contributed by atoms with Gasteiger partial charge in [0, 0.05) is 0 Å². The van der Waals surface area contributed by atoms with Gasteiger partial charge in [0.15, 0.2) is 0 Å². The Morgan fingerprint density at radius 3 is 0.758 bits per heavy atom. The minimum atomic E-state index is -1.68. The molecule has 0 aliphatic carbocycles. The van der Waals surface area contributed by atoms with Crippen molar-refractivity contribution in [3.05, 3.63) is 144 Å². The van der Waals surface area contributed by atoms with E-state index in [4.69, 9.17) is 18.9 Å². The van der Waals surface area contributed by atoms with Crippen molar-refractivity contribution in [2.45, 2.75) is 32.6 Å². The Morgan fingerprint density at radius 1 is 0.333 bits per heavy atom. The third-order valence-corrected chi connectivity index (χ3v) is 5.03. The predicted molar refractivity (Wildman–Crippen MR) is 128 cm³/mol. The molecule has 0 spiro atoms. The van der Waals surface area contributed by atoms with Crippen LogP contribution in [0.2, 0.25) is 0 Å². The Labute approximate surface area is 195 Å². The fourth-order valence-corrected chi connectivity index (χ4v) is 3.23. The maximum absolute atomic E-state index is 6.21. The van der Waals surface area contributed by atoms with E-state index in [9.17, 15) is 0 Å². The van der Waals surface area contributed by atoms with Crippen molar-refractivity contribution >= 4 is 0 Å². The van der Waals surface area contributed by atoms with Gasteiger partial charge in [-0.25, -0.2) is 0 Å². The molecule has 0 saturated carbocycles. The van der Waals surface area contributed by atoms with Gasteiger partial charge >= 0.3 is 6.16 Å². The molecule has 4 aromatic carbocycles.